The van der Waals surface area contributed by atoms with Crippen LogP contribution in [0, 0.1) is 0 Å². The van der Waals surface area contributed by atoms with E-state index in [1.54, 1.807) is 18.2 Å². The van der Waals surface area contributed by atoms with Crippen LogP contribution in [0.4, 0.5) is 5.69 Å². The largest absolute Gasteiger partial charge is 0.454 e. The summed E-state index contributed by atoms with van der Waals surface area (Å²) in [5.41, 5.74) is 8.45. The van der Waals surface area contributed by atoms with E-state index in [0.29, 0.717) is 17.1 Å². The zero-order valence-electron chi connectivity index (χ0n) is 11.8. The number of hydrogen-bond acceptors (Lipinski definition) is 6. The fourth-order valence-electron chi connectivity index (χ4n) is 1.89. The highest BCUT2D eigenvalue weighted by atomic mass is 35.5. The second-order valence-electron chi connectivity index (χ2n) is 4.60. The van der Waals surface area contributed by atoms with Crippen LogP contribution in [0.5, 0.6) is 11.5 Å². The molecule has 2 heterocycles. The van der Waals surface area contributed by atoms with E-state index in [-0.39, 0.29) is 33.4 Å². The minimum Gasteiger partial charge on any atom is -0.454 e. The topological polar surface area (TPSA) is 98.8 Å². The molecule has 0 fully saturated rings. The van der Waals surface area contributed by atoms with Gasteiger partial charge in [-0.3, -0.25) is 4.79 Å². The van der Waals surface area contributed by atoms with Crippen molar-refractivity contribution in [1.29, 1.82) is 0 Å². The van der Waals surface area contributed by atoms with E-state index in [2.05, 4.69) is 15.5 Å². The van der Waals surface area contributed by atoms with Crippen molar-refractivity contribution in [1.82, 2.24) is 10.4 Å². The van der Waals surface area contributed by atoms with Gasteiger partial charge in [0.1, 0.15) is 5.02 Å². The van der Waals surface area contributed by atoms with Gasteiger partial charge in [-0.2, -0.15) is 5.10 Å². The third-order valence-corrected chi connectivity index (χ3v) is 4.20. The van der Waals surface area contributed by atoms with Crippen LogP contribution in [0.25, 0.3) is 0 Å². The number of pyridine rings is 1. The molecule has 2 aromatic rings. The Morgan fingerprint density at radius 3 is 2.79 bits per heavy atom. The highest BCUT2D eigenvalue weighted by molar-refractivity contribution is 6.46. The van der Waals surface area contributed by atoms with Crippen molar-refractivity contribution in [2.24, 2.45) is 5.10 Å². The summed E-state index contributed by atoms with van der Waals surface area (Å²) in [6, 6.07) is 5.22. The Balaban J connectivity index is 1.74. The molecule has 10 heteroatoms. The fourth-order valence-corrected chi connectivity index (χ4v) is 2.49. The molecule has 0 spiro atoms. The number of hydrazone groups is 1. The zero-order chi connectivity index (χ0) is 17.3. The molecule has 0 saturated heterocycles. The van der Waals surface area contributed by atoms with Crippen molar-refractivity contribution in [2.45, 2.75) is 0 Å². The number of hydrogen-bond donors (Lipinski definition) is 2. The standard InChI is InChI=1S/C14H9Cl3N4O3/c15-9-11(18)10(16)13(17)20-12(9)14(22)21-19-4-6-1-2-7-8(3-6)24-5-23-7/h1-4H,5H2,(H2,18,20)(H,21,22)/b19-4+. The molecular formula is C14H9Cl3N4O3. The van der Waals surface area contributed by atoms with Crippen molar-refractivity contribution in [3.05, 3.63) is 44.7 Å². The number of carbonyl (C=O) groups is 1. The number of rotatable bonds is 3. The van der Waals surface area contributed by atoms with Crippen LogP contribution in [0.2, 0.25) is 15.2 Å². The van der Waals surface area contributed by atoms with E-state index in [0.717, 1.165) is 0 Å². The van der Waals surface area contributed by atoms with Gasteiger partial charge in [0.25, 0.3) is 5.91 Å². The van der Waals surface area contributed by atoms with Gasteiger partial charge in [0, 0.05) is 0 Å². The molecule has 1 amide bonds. The van der Waals surface area contributed by atoms with E-state index >= 15 is 0 Å². The van der Waals surface area contributed by atoms with Gasteiger partial charge >= 0.3 is 0 Å². The highest BCUT2D eigenvalue weighted by Gasteiger charge is 2.19. The molecule has 24 heavy (non-hydrogen) atoms. The van der Waals surface area contributed by atoms with Gasteiger partial charge < -0.3 is 15.2 Å². The number of nitrogens with zero attached hydrogens (tertiary/aromatic N) is 2. The number of benzene rings is 1. The zero-order valence-corrected chi connectivity index (χ0v) is 14.1. The summed E-state index contributed by atoms with van der Waals surface area (Å²) in [6.07, 6.45) is 1.43. The lowest BCUT2D eigenvalue weighted by atomic mass is 10.2. The minimum absolute atomic E-state index is 0.0120. The Labute approximate surface area is 151 Å². The molecule has 0 saturated carbocycles. The minimum atomic E-state index is -0.678. The average Bonchev–Trinajstić information content (AvgIpc) is 3.03. The number of fused-ring (bicyclic) bond motifs is 1. The Bertz CT molecular complexity index is 858. The van der Waals surface area contributed by atoms with E-state index in [9.17, 15) is 4.79 Å². The molecule has 1 aromatic heterocycles. The van der Waals surface area contributed by atoms with Crippen LogP contribution in [0.1, 0.15) is 16.1 Å². The van der Waals surface area contributed by atoms with Gasteiger partial charge in [-0.25, -0.2) is 10.4 Å². The maximum atomic E-state index is 12.1. The molecule has 0 bridgehead atoms. The Hall–Kier alpha value is -2.22. The monoisotopic (exact) mass is 386 g/mol. The van der Waals surface area contributed by atoms with Crippen molar-refractivity contribution < 1.29 is 14.3 Å². The fraction of sp³-hybridized carbons (Fsp3) is 0.0714. The Kier molecular flexibility index (Phi) is 4.66. The molecule has 7 nitrogen and oxygen atoms in total. The first-order valence-corrected chi connectivity index (χ1v) is 7.63. The van der Waals surface area contributed by atoms with Crippen molar-refractivity contribution >= 4 is 52.6 Å². The van der Waals surface area contributed by atoms with Crippen LogP contribution in [0.15, 0.2) is 23.3 Å². The SMILES string of the molecule is Nc1c(Cl)c(Cl)nc(C(=O)N/N=C/c2ccc3c(c2)OCO3)c1Cl. The summed E-state index contributed by atoms with van der Waals surface area (Å²) in [5, 5.41) is 3.60. The predicted octanol–water partition coefficient (Wildman–Crippen LogP) is 3.12. The lowest BCUT2D eigenvalue weighted by molar-refractivity contribution is 0.0950. The molecule has 3 rings (SSSR count). The van der Waals surface area contributed by atoms with E-state index < -0.39 is 5.91 Å². The van der Waals surface area contributed by atoms with Gasteiger partial charge in [0.05, 0.1) is 16.9 Å². The van der Waals surface area contributed by atoms with Crippen LogP contribution in [0.3, 0.4) is 0 Å². The number of aromatic nitrogens is 1. The molecule has 1 aromatic carbocycles. The maximum absolute atomic E-state index is 12.1. The molecule has 1 aliphatic rings. The van der Waals surface area contributed by atoms with Crippen molar-refractivity contribution in [2.75, 3.05) is 12.5 Å². The summed E-state index contributed by atoms with van der Waals surface area (Å²) in [6.45, 7) is 0.176. The molecule has 124 valence electrons. The van der Waals surface area contributed by atoms with E-state index in [4.69, 9.17) is 50.0 Å². The van der Waals surface area contributed by atoms with Crippen LogP contribution in [-0.4, -0.2) is 23.9 Å². The second kappa shape index (κ2) is 6.72. The number of nitrogens with one attached hydrogen (secondary N) is 1. The van der Waals surface area contributed by atoms with Crippen LogP contribution < -0.4 is 20.6 Å². The number of nitrogen functional groups attached to an aromatic ring is 1. The smallest absolute Gasteiger partial charge is 0.291 e. The molecule has 0 atom stereocenters. The van der Waals surface area contributed by atoms with Gasteiger partial charge in [0.2, 0.25) is 6.79 Å². The molecule has 0 aliphatic carbocycles. The summed E-state index contributed by atoms with van der Waals surface area (Å²) >= 11 is 17.5. The summed E-state index contributed by atoms with van der Waals surface area (Å²) < 4.78 is 10.5. The quantitative estimate of drug-likeness (QED) is 0.479. The Morgan fingerprint density at radius 1 is 1.25 bits per heavy atom. The highest BCUT2D eigenvalue weighted by Crippen LogP contribution is 2.34. The third-order valence-electron chi connectivity index (χ3n) is 3.06. The molecular weight excluding hydrogens is 379 g/mol. The van der Waals surface area contributed by atoms with Gasteiger partial charge in [-0.05, 0) is 23.8 Å². The lowest BCUT2D eigenvalue weighted by Crippen LogP contribution is -2.20. The number of amides is 1. The lowest BCUT2D eigenvalue weighted by Gasteiger charge is -2.07. The molecule has 1 aliphatic heterocycles. The first-order chi connectivity index (χ1) is 11.5. The maximum Gasteiger partial charge on any atom is 0.291 e. The number of halogens is 3. The molecule has 3 N–H and O–H groups in total. The molecule has 0 radical (unpaired) electrons. The van der Waals surface area contributed by atoms with Crippen molar-refractivity contribution in [3.63, 3.8) is 0 Å². The summed E-state index contributed by atoms with van der Waals surface area (Å²) in [4.78, 5) is 15.9. The normalized spacial score (nSPS) is 12.6. The second-order valence-corrected chi connectivity index (χ2v) is 5.72. The van der Waals surface area contributed by atoms with Gasteiger partial charge in [0.15, 0.2) is 22.3 Å². The number of nitrogens with two attached hydrogens (primary N) is 1. The number of ether oxygens (including phenoxy) is 2. The van der Waals surface area contributed by atoms with E-state index in [1.807, 2.05) is 0 Å². The summed E-state index contributed by atoms with van der Waals surface area (Å²) in [7, 11) is 0. The average molecular weight is 388 g/mol. The predicted molar refractivity (Wildman–Crippen MR) is 91.3 cm³/mol. The van der Waals surface area contributed by atoms with Crippen LogP contribution in [-0.2, 0) is 0 Å². The number of anilines is 1. The Morgan fingerprint density at radius 2 is 2.00 bits per heavy atom. The molecule has 0 unspecified atom stereocenters. The number of carbonyl (C=O) groups excluding carboxylic acids is 1. The first-order valence-electron chi connectivity index (χ1n) is 6.50. The third kappa shape index (κ3) is 3.19. The summed E-state index contributed by atoms with van der Waals surface area (Å²) in [5.74, 6) is 0.577. The van der Waals surface area contributed by atoms with Gasteiger partial charge in [-0.15, -0.1) is 0 Å². The van der Waals surface area contributed by atoms with E-state index in [1.165, 1.54) is 6.21 Å². The van der Waals surface area contributed by atoms with Gasteiger partial charge in [-0.1, -0.05) is 34.8 Å². The first kappa shape index (κ1) is 16.6. The van der Waals surface area contributed by atoms with Crippen LogP contribution >= 0.6 is 34.8 Å². The van der Waals surface area contributed by atoms with Crippen molar-refractivity contribution in [3.8, 4) is 11.5 Å².